The summed E-state index contributed by atoms with van der Waals surface area (Å²) in [6.45, 7) is 0.813. The van der Waals surface area contributed by atoms with Gasteiger partial charge in [-0.25, -0.2) is 30.7 Å². The lowest BCUT2D eigenvalue weighted by molar-refractivity contribution is -0.00136. The topological polar surface area (TPSA) is 101 Å². The van der Waals surface area contributed by atoms with Gasteiger partial charge in [0.15, 0.2) is 17.7 Å². The Hall–Kier alpha value is -3.81. The number of anilines is 2. The second kappa shape index (κ2) is 12.7. The predicted octanol–water partition coefficient (Wildman–Crippen LogP) is 8.26. The molecule has 270 valence electrons. The van der Waals surface area contributed by atoms with Crippen LogP contribution in [0.25, 0.3) is 32.1 Å². The number of alkyl halides is 5. The first kappa shape index (κ1) is 34.3. The van der Waals surface area contributed by atoms with Crippen LogP contribution in [0.5, 0.6) is 11.8 Å². The summed E-state index contributed by atoms with van der Waals surface area (Å²) in [7, 11) is 0. The van der Waals surface area contributed by atoms with E-state index >= 15 is 8.78 Å². The quantitative estimate of drug-likeness (QED) is 0.197. The van der Waals surface area contributed by atoms with Crippen LogP contribution in [-0.4, -0.2) is 77.3 Å². The Balaban J connectivity index is 1.41. The molecule has 4 unspecified atom stereocenters. The monoisotopic (exact) mass is 754 g/mol. The highest BCUT2D eigenvalue weighted by Gasteiger charge is 2.50. The van der Waals surface area contributed by atoms with Crippen LogP contribution in [0.1, 0.15) is 50.5 Å². The molecule has 0 aliphatic carbocycles. The summed E-state index contributed by atoms with van der Waals surface area (Å²) >= 11 is 7.66. The highest BCUT2D eigenvalue weighted by Crippen LogP contribution is 2.53. The van der Waals surface area contributed by atoms with Crippen molar-refractivity contribution in [3.8, 4) is 29.0 Å². The number of thiophene rings is 1. The van der Waals surface area contributed by atoms with Gasteiger partial charge in [-0.05, 0) is 50.3 Å². The fourth-order valence-electron chi connectivity index (χ4n) is 8.53. The maximum atomic E-state index is 17.3. The number of nitriles is 1. The summed E-state index contributed by atoms with van der Waals surface area (Å²) in [4.78, 5) is 12.1. The van der Waals surface area contributed by atoms with Crippen LogP contribution < -0.4 is 20.1 Å². The van der Waals surface area contributed by atoms with Crippen LogP contribution in [0.4, 0.5) is 41.6 Å². The van der Waals surface area contributed by atoms with E-state index in [9.17, 15) is 27.2 Å². The number of hydrogen-bond acceptors (Lipinski definition) is 9. The number of nitrogens with zero attached hydrogens (tertiary/aromatic N) is 5. The average Bonchev–Trinajstić information content (AvgIpc) is 3.74. The lowest BCUT2D eigenvalue weighted by atomic mass is 9.90. The zero-order valence-electron chi connectivity index (χ0n) is 26.8. The van der Waals surface area contributed by atoms with Gasteiger partial charge in [-0.2, -0.15) is 15.2 Å². The highest BCUT2D eigenvalue weighted by atomic mass is 35.5. The molecule has 6 heterocycles. The number of rotatable bonds is 6. The first-order valence-electron chi connectivity index (χ1n) is 16.6. The van der Waals surface area contributed by atoms with Gasteiger partial charge in [0.25, 0.3) is 12.9 Å². The Kier molecular flexibility index (Phi) is 8.54. The maximum absolute atomic E-state index is 17.3. The molecule has 2 aromatic heterocycles. The van der Waals surface area contributed by atoms with Crippen molar-refractivity contribution < 1.29 is 40.2 Å². The summed E-state index contributed by atoms with van der Waals surface area (Å²) in [6.07, 6.45) is -7.14. The molecule has 8 nitrogen and oxygen atoms in total. The van der Waals surface area contributed by atoms with Gasteiger partial charge in [-0.1, -0.05) is 17.7 Å². The average molecular weight is 755 g/mol. The molecule has 0 saturated carbocycles. The number of halogens is 8. The van der Waals surface area contributed by atoms with Gasteiger partial charge >= 0.3 is 6.01 Å². The fourth-order valence-corrected chi connectivity index (χ4v) is 9.81. The third-order valence-electron chi connectivity index (χ3n) is 10.8. The molecule has 0 radical (unpaired) electrons. The minimum absolute atomic E-state index is 0.000275. The fraction of sp³-hybridized carbons (Fsp3) is 0.500. The van der Waals surface area contributed by atoms with Crippen molar-refractivity contribution in [2.75, 3.05) is 30.3 Å². The molecule has 2 aromatic carbocycles. The molecule has 4 aromatic rings. The van der Waals surface area contributed by atoms with Crippen molar-refractivity contribution in [1.29, 1.82) is 5.26 Å². The molecular weight excluding hydrogens is 725 g/mol. The van der Waals surface area contributed by atoms with E-state index in [0.717, 1.165) is 23.8 Å². The molecule has 51 heavy (non-hydrogen) atoms. The molecule has 3 fully saturated rings. The molecule has 4 aliphatic rings. The number of nitrogen functional groups attached to an aromatic ring is 1. The molecule has 5 atom stereocenters. The summed E-state index contributed by atoms with van der Waals surface area (Å²) in [5.74, 6) is -2.59. The summed E-state index contributed by atoms with van der Waals surface area (Å²) in [5, 5.41) is 8.97. The lowest BCUT2D eigenvalue weighted by Crippen LogP contribution is -2.53. The molecule has 0 amide bonds. The van der Waals surface area contributed by atoms with Crippen molar-refractivity contribution in [2.24, 2.45) is 0 Å². The molecular formula is C34H30ClF7N6O2S. The maximum Gasteiger partial charge on any atom is 0.319 e. The molecule has 4 aliphatic heterocycles. The first-order valence-corrected chi connectivity index (χ1v) is 17.8. The van der Waals surface area contributed by atoms with E-state index in [4.69, 9.17) is 26.8 Å². The molecule has 17 heteroatoms. The summed E-state index contributed by atoms with van der Waals surface area (Å²) in [5.41, 5.74) is 4.12. The van der Waals surface area contributed by atoms with Crippen LogP contribution in [0.3, 0.4) is 0 Å². The Labute approximate surface area is 295 Å². The Morgan fingerprint density at radius 1 is 1.14 bits per heavy atom. The van der Waals surface area contributed by atoms with Crippen LogP contribution >= 0.6 is 22.9 Å². The molecule has 2 N–H and O–H groups in total. The van der Waals surface area contributed by atoms with Crippen LogP contribution in [0.2, 0.25) is 5.02 Å². The number of nitrogens with two attached hydrogens (primary N) is 1. The van der Waals surface area contributed by atoms with Crippen molar-refractivity contribution in [3.63, 3.8) is 0 Å². The Morgan fingerprint density at radius 2 is 1.94 bits per heavy atom. The van der Waals surface area contributed by atoms with Gasteiger partial charge in [0.1, 0.15) is 41.0 Å². The second-order valence-corrected chi connectivity index (χ2v) is 15.1. The van der Waals surface area contributed by atoms with E-state index in [0.29, 0.717) is 19.4 Å². The van der Waals surface area contributed by atoms with E-state index in [-0.39, 0.29) is 76.3 Å². The summed E-state index contributed by atoms with van der Waals surface area (Å²) < 4.78 is 118. The third-order valence-corrected chi connectivity index (χ3v) is 12.1. The SMILES string of the molecule is N#Cc1c(N)sc2c(F)ccc(-c3c(Cl)c4c5c(nc(OCC67CCCN6C[C@H](F)C7)nc5c3F)N3C(CCCC3C(F)F)CC(C(F)F)O4)c12. The van der Waals surface area contributed by atoms with Gasteiger partial charge in [0, 0.05) is 36.4 Å². The van der Waals surface area contributed by atoms with Crippen molar-refractivity contribution in [1.82, 2.24) is 14.9 Å². The van der Waals surface area contributed by atoms with Crippen LogP contribution in [-0.2, 0) is 0 Å². The van der Waals surface area contributed by atoms with E-state index in [1.54, 1.807) is 0 Å². The predicted molar refractivity (Wildman–Crippen MR) is 178 cm³/mol. The minimum atomic E-state index is -3.10. The van der Waals surface area contributed by atoms with Crippen molar-refractivity contribution >= 4 is 54.7 Å². The zero-order valence-corrected chi connectivity index (χ0v) is 28.3. The Morgan fingerprint density at radius 3 is 2.69 bits per heavy atom. The van der Waals surface area contributed by atoms with Crippen LogP contribution in [0.15, 0.2) is 12.1 Å². The lowest BCUT2D eigenvalue weighted by Gasteiger charge is -2.45. The van der Waals surface area contributed by atoms with Gasteiger partial charge < -0.3 is 20.1 Å². The van der Waals surface area contributed by atoms with Crippen LogP contribution in [0, 0.1) is 23.0 Å². The smallest absolute Gasteiger partial charge is 0.319 e. The summed E-state index contributed by atoms with van der Waals surface area (Å²) in [6, 6.07) is 1.34. The Bertz CT molecular complexity index is 2100. The van der Waals surface area contributed by atoms with Gasteiger partial charge in [0.05, 0.1) is 32.3 Å². The highest BCUT2D eigenvalue weighted by molar-refractivity contribution is 7.23. The molecule has 3 saturated heterocycles. The molecule has 0 spiro atoms. The zero-order chi connectivity index (χ0) is 35.9. The number of ether oxygens (including phenoxy) is 2. The van der Waals surface area contributed by atoms with Gasteiger partial charge in [-0.3, -0.25) is 4.90 Å². The van der Waals surface area contributed by atoms with Gasteiger partial charge in [-0.15, -0.1) is 11.3 Å². The number of fused-ring (bicyclic) bond motifs is 4. The molecule has 8 rings (SSSR count). The van der Waals surface area contributed by atoms with Crippen molar-refractivity contribution in [3.05, 3.63) is 34.4 Å². The number of piperidine rings is 1. The first-order chi connectivity index (χ1) is 24.4. The van der Waals surface area contributed by atoms with Gasteiger partial charge in [0.2, 0.25) is 0 Å². The number of benzene rings is 2. The third kappa shape index (κ3) is 5.40. The standard InChI is InChI=1S/C34H30ClF7N6O2S/c35-24-22(16-5-6-18(37)28-21(16)17(11-43)31(44)51-28)25(38)26-23-27(24)50-20(30(41)42)9-15-3-1-4-19(29(39)40)48(15)32(23)46-33(45-26)49-13-34-7-2-8-47(34)12-14(36)10-34/h5-6,14-15,19-20,29-30H,1-4,7-10,12-13,44H2/t14-,15?,19?,20?,34?/m1/s1. The normalized spacial score (nSPS) is 26.3. The van der Waals surface area contributed by atoms with E-state index in [1.165, 1.54) is 11.0 Å². The minimum Gasteiger partial charge on any atom is -0.482 e. The largest absolute Gasteiger partial charge is 0.482 e. The number of aromatic nitrogens is 2. The van der Waals surface area contributed by atoms with E-state index in [2.05, 4.69) is 9.97 Å². The second-order valence-electron chi connectivity index (χ2n) is 13.6. The van der Waals surface area contributed by atoms with E-state index < -0.39 is 82.2 Å². The molecule has 0 bridgehead atoms. The van der Waals surface area contributed by atoms with Crippen molar-refractivity contribution in [2.45, 2.75) is 87.7 Å². The van der Waals surface area contributed by atoms with E-state index in [1.807, 2.05) is 11.0 Å². The number of hydrogen-bond donors (Lipinski definition) is 1.